The maximum Gasteiger partial charge on any atom is 0.252 e. The Hall–Kier alpha value is -1.47. The van der Waals surface area contributed by atoms with Gasteiger partial charge < -0.3 is 10.2 Å². The number of hydrogen-bond donors (Lipinski definition) is 1. The molecule has 1 aromatic carbocycles. The lowest BCUT2D eigenvalue weighted by Gasteiger charge is -2.68. The number of nitrogens with zero attached hydrogens (tertiary/aromatic N) is 1. The second-order valence-corrected chi connectivity index (χ2v) is 21.0. The van der Waals surface area contributed by atoms with Crippen LogP contribution in [0.1, 0.15) is 128 Å². The number of hydrogen-bond acceptors (Lipinski definition) is 5. The molecule has 6 rings (SSSR count). The van der Waals surface area contributed by atoms with Gasteiger partial charge in [-0.2, -0.15) is 0 Å². The van der Waals surface area contributed by atoms with Gasteiger partial charge in [-0.15, -0.1) is 0 Å². The van der Waals surface area contributed by atoms with Crippen LogP contribution in [0.2, 0.25) is 0 Å². The van der Waals surface area contributed by atoms with Gasteiger partial charge in [-0.3, -0.25) is 4.79 Å². The monoisotopic (exact) mass is 710 g/mol. The summed E-state index contributed by atoms with van der Waals surface area (Å²) in [5.74, 6) is 2.48. The Labute approximate surface area is 303 Å². The summed E-state index contributed by atoms with van der Waals surface area (Å²) in [6.45, 7) is 22.7. The molecule has 1 saturated heterocycles. The number of fused-ring (bicyclic) bond motifs is 3. The average Bonchev–Trinajstić information content (AvgIpc) is 3.47. The van der Waals surface area contributed by atoms with E-state index in [-0.39, 0.29) is 16.4 Å². The van der Waals surface area contributed by atoms with Gasteiger partial charge in [0.1, 0.15) is 0 Å². The van der Waals surface area contributed by atoms with Crippen LogP contribution in [0.4, 0.5) is 0 Å². The first kappa shape index (κ1) is 37.3. The maximum absolute atomic E-state index is 12.0. The van der Waals surface area contributed by atoms with Gasteiger partial charge >= 0.3 is 0 Å². The molecule has 3 saturated carbocycles. The van der Waals surface area contributed by atoms with Crippen molar-refractivity contribution in [1.82, 2.24) is 10.2 Å². The van der Waals surface area contributed by atoms with Gasteiger partial charge in [0.25, 0.3) is 5.24 Å². The van der Waals surface area contributed by atoms with Crippen molar-refractivity contribution in [2.45, 2.75) is 118 Å². The normalized spacial score (nSPS) is 38.7. The molecule has 1 aromatic rings. The van der Waals surface area contributed by atoms with Crippen molar-refractivity contribution in [3.8, 4) is 0 Å². The molecule has 7 atom stereocenters. The number of benzene rings is 1. The first-order valence-corrected chi connectivity index (χ1v) is 21.5. The van der Waals surface area contributed by atoms with Gasteiger partial charge in [0, 0.05) is 37.3 Å². The van der Waals surface area contributed by atoms with Gasteiger partial charge in [-0.25, -0.2) is 8.42 Å². The summed E-state index contributed by atoms with van der Waals surface area (Å²) in [5, 5.41) is 3.72. The second-order valence-electron chi connectivity index (χ2n) is 18.4. The number of carbonyl (C=O) groups excluding carboxylic acids is 1. The largest absolute Gasteiger partial charge is 0.310 e. The van der Waals surface area contributed by atoms with E-state index in [9.17, 15) is 13.2 Å². The summed E-state index contributed by atoms with van der Waals surface area (Å²) in [7, 11) is -2.86. The standard InChI is InChI=1S/C42H63ClN2O3S/c1-30(2)33-14-20-42(29-33,44-23-24-45-25-27-49(47,48)28-26-45)22-21-39(5)17-8-9-36-40(6)18-15-34(31-10-12-32(13-11-31)37(43)46)38(3,4)35(40)16-19-41(36,39)7/h10-13,15,33,35-36,44H,1,8-9,14,16-29H2,2-7H3. The lowest BCUT2D eigenvalue weighted by molar-refractivity contribution is -0.172. The van der Waals surface area contributed by atoms with E-state index in [1.165, 1.54) is 80.9 Å². The van der Waals surface area contributed by atoms with Gasteiger partial charge in [-0.05, 0) is 145 Å². The molecule has 1 heterocycles. The molecule has 0 amide bonds. The molecule has 1 aliphatic heterocycles. The van der Waals surface area contributed by atoms with Crippen molar-refractivity contribution in [3.63, 3.8) is 0 Å². The van der Waals surface area contributed by atoms with Crippen molar-refractivity contribution in [2.24, 2.45) is 39.4 Å². The van der Waals surface area contributed by atoms with Crippen molar-refractivity contribution in [2.75, 3.05) is 37.7 Å². The summed E-state index contributed by atoms with van der Waals surface area (Å²) in [4.78, 5) is 14.1. The average molecular weight is 711 g/mol. The van der Waals surface area contributed by atoms with E-state index >= 15 is 0 Å². The minimum atomic E-state index is -2.86. The third kappa shape index (κ3) is 6.91. The molecular formula is C42H63ClN2O3S. The third-order valence-corrected chi connectivity index (χ3v) is 17.3. The SMILES string of the molecule is C=C(C)C1CCC(CCC2(C)CCCC3C4(C)CC=C(c5ccc(C(=O)Cl)cc5)C(C)(C)C4CCC32C)(NCCN2CCS(=O)(=O)CC2)C1. The van der Waals surface area contributed by atoms with Crippen molar-refractivity contribution < 1.29 is 13.2 Å². The van der Waals surface area contributed by atoms with E-state index in [1.54, 1.807) is 0 Å². The minimum Gasteiger partial charge on any atom is -0.310 e. The Balaban J connectivity index is 1.19. The fraction of sp³-hybridized carbons (Fsp3) is 0.738. The first-order valence-electron chi connectivity index (χ1n) is 19.3. The number of allylic oxidation sites excluding steroid dienone is 3. The van der Waals surface area contributed by atoms with Crippen molar-refractivity contribution >= 4 is 32.3 Å². The van der Waals surface area contributed by atoms with Gasteiger partial charge in [-0.1, -0.05) is 71.4 Å². The smallest absolute Gasteiger partial charge is 0.252 e. The quantitative estimate of drug-likeness (QED) is 0.194. The van der Waals surface area contributed by atoms with Gasteiger partial charge in [0.2, 0.25) is 0 Å². The van der Waals surface area contributed by atoms with E-state index < -0.39 is 15.1 Å². The Morgan fingerprint density at radius 3 is 2.29 bits per heavy atom. The van der Waals surface area contributed by atoms with Crippen LogP contribution in [-0.2, 0) is 9.84 Å². The molecule has 0 bridgehead atoms. The zero-order chi connectivity index (χ0) is 35.5. The molecule has 4 fully saturated rings. The van der Waals surface area contributed by atoms with Crippen LogP contribution in [0, 0.1) is 39.4 Å². The molecule has 4 aliphatic carbocycles. The molecule has 49 heavy (non-hydrogen) atoms. The molecular weight excluding hydrogens is 648 g/mol. The van der Waals surface area contributed by atoms with E-state index in [0.29, 0.717) is 58.7 Å². The predicted octanol–water partition coefficient (Wildman–Crippen LogP) is 9.32. The molecule has 5 aliphatic rings. The molecule has 0 spiro atoms. The number of nitrogens with one attached hydrogen (secondary N) is 1. The van der Waals surface area contributed by atoms with Crippen LogP contribution in [-0.4, -0.2) is 61.8 Å². The molecule has 7 unspecified atom stereocenters. The van der Waals surface area contributed by atoms with Crippen molar-refractivity contribution in [1.29, 1.82) is 0 Å². The second kappa shape index (κ2) is 13.5. The molecule has 5 nitrogen and oxygen atoms in total. The van der Waals surface area contributed by atoms with E-state index in [2.05, 4.69) is 76.5 Å². The van der Waals surface area contributed by atoms with E-state index in [0.717, 1.165) is 19.5 Å². The summed E-state index contributed by atoms with van der Waals surface area (Å²) in [6.07, 6.45) is 16.3. The van der Waals surface area contributed by atoms with Gasteiger partial charge in [0.15, 0.2) is 9.84 Å². The molecule has 1 N–H and O–H groups in total. The first-order chi connectivity index (χ1) is 22.9. The number of rotatable bonds is 10. The molecule has 272 valence electrons. The number of sulfone groups is 1. The Kier molecular flexibility index (Phi) is 10.3. The van der Waals surface area contributed by atoms with Crippen LogP contribution in [0.25, 0.3) is 5.57 Å². The highest BCUT2D eigenvalue weighted by molar-refractivity contribution is 7.91. The fourth-order valence-corrected chi connectivity index (χ4v) is 13.6. The van der Waals surface area contributed by atoms with E-state index in [1.807, 2.05) is 12.1 Å². The molecule has 0 radical (unpaired) electrons. The number of carbonyl (C=O) groups is 1. The summed E-state index contributed by atoms with van der Waals surface area (Å²) in [5.41, 5.74) is 5.56. The third-order valence-electron chi connectivity index (χ3n) is 15.5. The lowest BCUT2D eigenvalue weighted by atomic mass is 9.36. The Morgan fingerprint density at radius 1 is 0.959 bits per heavy atom. The van der Waals surface area contributed by atoms with Crippen LogP contribution in [0.15, 0.2) is 42.5 Å². The van der Waals surface area contributed by atoms with Crippen molar-refractivity contribution in [3.05, 3.63) is 53.6 Å². The van der Waals surface area contributed by atoms with Crippen LogP contribution < -0.4 is 5.32 Å². The zero-order valence-electron chi connectivity index (χ0n) is 31.3. The fourth-order valence-electron chi connectivity index (χ4n) is 12.2. The zero-order valence-corrected chi connectivity index (χ0v) is 32.9. The highest BCUT2D eigenvalue weighted by Crippen LogP contribution is 2.72. The highest BCUT2D eigenvalue weighted by Gasteiger charge is 2.64. The maximum atomic E-state index is 12.0. The summed E-state index contributed by atoms with van der Waals surface area (Å²) in [6, 6.07) is 7.95. The topological polar surface area (TPSA) is 66.5 Å². The van der Waals surface area contributed by atoms with Crippen LogP contribution in [0.5, 0.6) is 0 Å². The highest BCUT2D eigenvalue weighted by atomic mass is 35.5. The lowest BCUT2D eigenvalue weighted by Crippen LogP contribution is -2.60. The number of halogens is 1. The van der Waals surface area contributed by atoms with Crippen LogP contribution in [0.3, 0.4) is 0 Å². The molecule has 7 heteroatoms. The molecule has 0 aromatic heterocycles. The summed E-state index contributed by atoms with van der Waals surface area (Å²) >= 11 is 5.77. The Bertz CT molecular complexity index is 1550. The van der Waals surface area contributed by atoms with Crippen LogP contribution >= 0.6 is 11.6 Å². The summed E-state index contributed by atoms with van der Waals surface area (Å²) < 4.78 is 24.0. The minimum absolute atomic E-state index is 0.0442. The van der Waals surface area contributed by atoms with E-state index in [4.69, 9.17) is 11.6 Å². The Morgan fingerprint density at radius 2 is 1.65 bits per heavy atom. The van der Waals surface area contributed by atoms with Gasteiger partial charge in [0.05, 0.1) is 11.5 Å². The predicted molar refractivity (Wildman–Crippen MR) is 205 cm³/mol.